The van der Waals surface area contributed by atoms with Gasteiger partial charge in [-0.1, -0.05) is 46.3 Å². The SMILES string of the molecule is COc1cccc(CC(CO)c2ccccc2Br)c1. The zero-order chi connectivity index (χ0) is 13.7. The van der Waals surface area contributed by atoms with Gasteiger partial charge in [-0.05, 0) is 35.7 Å². The largest absolute Gasteiger partial charge is 0.497 e. The second kappa shape index (κ2) is 6.73. The Morgan fingerprint density at radius 1 is 1.16 bits per heavy atom. The molecule has 0 aliphatic rings. The summed E-state index contributed by atoms with van der Waals surface area (Å²) >= 11 is 3.54. The maximum Gasteiger partial charge on any atom is 0.119 e. The maximum absolute atomic E-state index is 9.64. The summed E-state index contributed by atoms with van der Waals surface area (Å²) in [5.74, 6) is 0.934. The van der Waals surface area contributed by atoms with Crippen LogP contribution in [0.3, 0.4) is 0 Å². The minimum atomic E-state index is 0.0858. The van der Waals surface area contributed by atoms with E-state index in [-0.39, 0.29) is 12.5 Å². The Hall–Kier alpha value is -1.32. The summed E-state index contributed by atoms with van der Waals surface area (Å²) < 4.78 is 6.27. The van der Waals surface area contributed by atoms with Crippen LogP contribution in [0.4, 0.5) is 0 Å². The molecule has 2 nitrogen and oxygen atoms in total. The fourth-order valence-corrected chi connectivity index (χ4v) is 2.77. The van der Waals surface area contributed by atoms with Crippen molar-refractivity contribution in [3.8, 4) is 5.75 Å². The first-order chi connectivity index (χ1) is 9.24. The number of aliphatic hydroxyl groups excluding tert-OH is 1. The quantitative estimate of drug-likeness (QED) is 0.908. The number of hydrogen-bond donors (Lipinski definition) is 1. The van der Waals surface area contributed by atoms with Crippen molar-refractivity contribution in [3.63, 3.8) is 0 Å². The minimum Gasteiger partial charge on any atom is -0.497 e. The molecule has 0 saturated carbocycles. The smallest absolute Gasteiger partial charge is 0.119 e. The average Bonchev–Trinajstić information content (AvgIpc) is 2.46. The molecule has 0 bridgehead atoms. The Labute approximate surface area is 122 Å². The lowest BCUT2D eigenvalue weighted by Crippen LogP contribution is -2.08. The number of benzene rings is 2. The first kappa shape index (κ1) is 14.1. The normalized spacial score (nSPS) is 12.2. The Balaban J connectivity index is 2.21. The molecule has 0 aliphatic carbocycles. The first-order valence-corrected chi connectivity index (χ1v) is 7.02. The van der Waals surface area contributed by atoms with Gasteiger partial charge in [0.25, 0.3) is 0 Å². The molecular formula is C16H17BrO2. The molecule has 1 atom stereocenters. The highest BCUT2D eigenvalue weighted by Gasteiger charge is 2.14. The number of rotatable bonds is 5. The summed E-state index contributed by atoms with van der Waals surface area (Å²) in [6.07, 6.45) is 0.788. The molecule has 100 valence electrons. The number of halogens is 1. The molecule has 2 aromatic carbocycles. The van der Waals surface area contributed by atoms with Gasteiger partial charge >= 0.3 is 0 Å². The molecular weight excluding hydrogens is 304 g/mol. The third kappa shape index (κ3) is 3.58. The Morgan fingerprint density at radius 3 is 2.63 bits per heavy atom. The van der Waals surface area contributed by atoms with Crippen LogP contribution in [0.1, 0.15) is 17.0 Å². The van der Waals surface area contributed by atoms with E-state index in [0.29, 0.717) is 0 Å². The van der Waals surface area contributed by atoms with Crippen LogP contribution in [-0.4, -0.2) is 18.8 Å². The zero-order valence-corrected chi connectivity index (χ0v) is 12.4. The summed E-state index contributed by atoms with van der Waals surface area (Å²) in [5, 5.41) is 9.64. The summed E-state index contributed by atoms with van der Waals surface area (Å²) in [6.45, 7) is 0.125. The van der Waals surface area contributed by atoms with E-state index >= 15 is 0 Å². The molecule has 0 radical (unpaired) electrons. The van der Waals surface area contributed by atoms with Crippen LogP contribution < -0.4 is 4.74 Å². The van der Waals surface area contributed by atoms with E-state index in [0.717, 1.165) is 27.8 Å². The third-order valence-corrected chi connectivity index (χ3v) is 3.90. The second-order valence-electron chi connectivity index (χ2n) is 4.46. The van der Waals surface area contributed by atoms with Gasteiger partial charge in [0.1, 0.15) is 5.75 Å². The van der Waals surface area contributed by atoms with Gasteiger partial charge in [0.15, 0.2) is 0 Å². The van der Waals surface area contributed by atoms with Crippen LogP contribution in [0.15, 0.2) is 53.0 Å². The van der Waals surface area contributed by atoms with E-state index in [4.69, 9.17) is 4.74 Å². The van der Waals surface area contributed by atoms with Gasteiger partial charge in [-0.3, -0.25) is 0 Å². The van der Waals surface area contributed by atoms with Gasteiger partial charge in [-0.25, -0.2) is 0 Å². The fraction of sp³-hybridized carbons (Fsp3) is 0.250. The molecule has 3 heteroatoms. The van der Waals surface area contributed by atoms with Crippen LogP contribution >= 0.6 is 15.9 Å². The number of ether oxygens (including phenoxy) is 1. The molecule has 0 heterocycles. The fourth-order valence-electron chi connectivity index (χ4n) is 2.16. The van der Waals surface area contributed by atoms with E-state index in [9.17, 15) is 5.11 Å². The average molecular weight is 321 g/mol. The zero-order valence-electron chi connectivity index (χ0n) is 10.8. The standard InChI is InChI=1S/C16H17BrO2/c1-19-14-6-4-5-12(10-14)9-13(11-18)15-7-2-3-8-16(15)17/h2-8,10,13,18H,9,11H2,1H3. The van der Waals surface area contributed by atoms with Gasteiger partial charge in [0, 0.05) is 10.4 Å². The van der Waals surface area contributed by atoms with Gasteiger partial charge in [0.2, 0.25) is 0 Å². The minimum absolute atomic E-state index is 0.0858. The van der Waals surface area contributed by atoms with Crippen LogP contribution in [0.2, 0.25) is 0 Å². The highest BCUT2D eigenvalue weighted by atomic mass is 79.9. The maximum atomic E-state index is 9.64. The summed E-state index contributed by atoms with van der Waals surface area (Å²) in [6, 6.07) is 16.0. The van der Waals surface area contributed by atoms with Gasteiger partial charge in [0.05, 0.1) is 13.7 Å². The molecule has 2 rings (SSSR count). The van der Waals surface area contributed by atoms with E-state index in [1.165, 1.54) is 0 Å². The second-order valence-corrected chi connectivity index (χ2v) is 5.31. The molecule has 0 amide bonds. The lowest BCUT2D eigenvalue weighted by atomic mass is 9.92. The molecule has 19 heavy (non-hydrogen) atoms. The molecule has 2 aromatic rings. The lowest BCUT2D eigenvalue weighted by molar-refractivity contribution is 0.264. The van der Waals surface area contributed by atoms with E-state index in [1.54, 1.807) is 7.11 Å². The van der Waals surface area contributed by atoms with Crippen LogP contribution in [0.25, 0.3) is 0 Å². The highest BCUT2D eigenvalue weighted by Crippen LogP contribution is 2.28. The topological polar surface area (TPSA) is 29.5 Å². The molecule has 0 saturated heterocycles. The van der Waals surface area contributed by atoms with Crippen molar-refractivity contribution in [2.45, 2.75) is 12.3 Å². The molecule has 0 aliphatic heterocycles. The number of aliphatic hydroxyl groups is 1. The van der Waals surface area contributed by atoms with Crippen molar-refractivity contribution in [1.82, 2.24) is 0 Å². The number of methoxy groups -OCH3 is 1. The predicted octanol–water partition coefficient (Wildman–Crippen LogP) is 3.78. The van der Waals surface area contributed by atoms with Gasteiger partial charge in [-0.15, -0.1) is 0 Å². The molecule has 0 spiro atoms. The molecule has 1 unspecified atom stereocenters. The monoisotopic (exact) mass is 320 g/mol. The van der Waals surface area contributed by atoms with Crippen LogP contribution in [0.5, 0.6) is 5.75 Å². The highest BCUT2D eigenvalue weighted by molar-refractivity contribution is 9.10. The van der Waals surface area contributed by atoms with Crippen molar-refractivity contribution in [2.24, 2.45) is 0 Å². The van der Waals surface area contributed by atoms with Gasteiger partial charge in [-0.2, -0.15) is 0 Å². The van der Waals surface area contributed by atoms with Crippen molar-refractivity contribution >= 4 is 15.9 Å². The predicted molar refractivity (Wildman–Crippen MR) is 80.7 cm³/mol. The van der Waals surface area contributed by atoms with Crippen LogP contribution in [-0.2, 0) is 6.42 Å². The van der Waals surface area contributed by atoms with Crippen LogP contribution in [0, 0.1) is 0 Å². The Bertz CT molecular complexity index is 540. The summed E-state index contributed by atoms with van der Waals surface area (Å²) in [7, 11) is 1.66. The molecule has 0 aromatic heterocycles. The van der Waals surface area contributed by atoms with E-state index in [2.05, 4.69) is 22.0 Å². The van der Waals surface area contributed by atoms with Gasteiger partial charge < -0.3 is 9.84 Å². The lowest BCUT2D eigenvalue weighted by Gasteiger charge is -2.16. The van der Waals surface area contributed by atoms with Crippen molar-refractivity contribution < 1.29 is 9.84 Å². The van der Waals surface area contributed by atoms with E-state index < -0.39 is 0 Å². The Kier molecular flexibility index (Phi) is 5.00. The number of hydrogen-bond acceptors (Lipinski definition) is 2. The van der Waals surface area contributed by atoms with E-state index in [1.807, 2.05) is 42.5 Å². The Morgan fingerprint density at radius 2 is 1.95 bits per heavy atom. The van der Waals surface area contributed by atoms with Crippen molar-refractivity contribution in [1.29, 1.82) is 0 Å². The summed E-state index contributed by atoms with van der Waals surface area (Å²) in [5.41, 5.74) is 2.29. The molecule has 1 N–H and O–H groups in total. The van der Waals surface area contributed by atoms with Crippen molar-refractivity contribution in [2.75, 3.05) is 13.7 Å². The summed E-state index contributed by atoms with van der Waals surface area (Å²) in [4.78, 5) is 0. The molecule has 0 fully saturated rings. The van der Waals surface area contributed by atoms with Crippen molar-refractivity contribution in [3.05, 3.63) is 64.1 Å². The first-order valence-electron chi connectivity index (χ1n) is 6.23. The third-order valence-electron chi connectivity index (χ3n) is 3.18.